The van der Waals surface area contributed by atoms with E-state index in [0.29, 0.717) is 46.9 Å². The number of ether oxygens (including phenoxy) is 4. The SMILES string of the molecule is O=S(=O)(c1ccc(OCC2CO2)cc1Br)c1ccc(OCC2CO2)cc1Br. The van der Waals surface area contributed by atoms with Crippen LogP contribution in [0.5, 0.6) is 11.5 Å². The van der Waals surface area contributed by atoms with Gasteiger partial charge in [-0.2, -0.15) is 0 Å². The predicted molar refractivity (Wildman–Crippen MR) is 104 cm³/mol. The third kappa shape index (κ3) is 4.65. The molecule has 6 nitrogen and oxygen atoms in total. The zero-order chi connectivity index (χ0) is 19.0. The number of benzene rings is 2. The van der Waals surface area contributed by atoms with E-state index in [9.17, 15) is 8.42 Å². The lowest BCUT2D eigenvalue weighted by Gasteiger charge is -2.12. The molecule has 4 rings (SSSR count). The summed E-state index contributed by atoms with van der Waals surface area (Å²) in [6.07, 6.45) is 0.269. The fourth-order valence-electron chi connectivity index (χ4n) is 2.40. The second-order valence-corrected chi connectivity index (χ2v) is 9.82. The summed E-state index contributed by atoms with van der Waals surface area (Å²) in [7, 11) is -3.73. The van der Waals surface area contributed by atoms with Crippen LogP contribution in [0.25, 0.3) is 0 Å². The molecular formula is C18H16Br2O6S. The summed E-state index contributed by atoms with van der Waals surface area (Å²) in [5.41, 5.74) is 0. The van der Waals surface area contributed by atoms with E-state index in [1.54, 1.807) is 24.3 Å². The normalized spacial score (nSPS) is 21.0. The minimum Gasteiger partial charge on any atom is -0.491 e. The van der Waals surface area contributed by atoms with E-state index < -0.39 is 9.84 Å². The van der Waals surface area contributed by atoms with Crippen LogP contribution in [-0.4, -0.2) is 47.1 Å². The van der Waals surface area contributed by atoms with Crippen molar-refractivity contribution in [1.82, 2.24) is 0 Å². The summed E-state index contributed by atoms with van der Waals surface area (Å²) in [6, 6.07) is 9.64. The number of sulfone groups is 1. The zero-order valence-corrected chi connectivity index (χ0v) is 18.0. The molecule has 0 aliphatic carbocycles. The third-order valence-corrected chi connectivity index (χ3v) is 7.77. The van der Waals surface area contributed by atoms with Gasteiger partial charge < -0.3 is 18.9 Å². The van der Waals surface area contributed by atoms with Gasteiger partial charge >= 0.3 is 0 Å². The minimum absolute atomic E-state index is 0.135. The van der Waals surface area contributed by atoms with Crippen molar-refractivity contribution in [3.8, 4) is 11.5 Å². The Morgan fingerprint density at radius 1 is 0.852 bits per heavy atom. The Hall–Kier alpha value is -1.13. The molecule has 2 aromatic rings. The van der Waals surface area contributed by atoms with Crippen LogP contribution in [0, 0.1) is 0 Å². The van der Waals surface area contributed by atoms with Crippen molar-refractivity contribution in [3.05, 3.63) is 45.3 Å². The van der Waals surface area contributed by atoms with Crippen LogP contribution in [0.1, 0.15) is 0 Å². The van der Waals surface area contributed by atoms with Gasteiger partial charge in [-0.05, 0) is 68.3 Å². The largest absolute Gasteiger partial charge is 0.491 e. The van der Waals surface area contributed by atoms with Crippen LogP contribution >= 0.6 is 31.9 Å². The first-order valence-electron chi connectivity index (χ1n) is 8.26. The van der Waals surface area contributed by atoms with Gasteiger partial charge in [0.25, 0.3) is 0 Å². The first-order chi connectivity index (χ1) is 12.9. The van der Waals surface area contributed by atoms with E-state index in [0.717, 1.165) is 0 Å². The average molecular weight is 520 g/mol. The zero-order valence-electron chi connectivity index (χ0n) is 14.1. The number of rotatable bonds is 8. The summed E-state index contributed by atoms with van der Waals surface area (Å²) in [5.74, 6) is 1.17. The first kappa shape index (κ1) is 19.2. The van der Waals surface area contributed by atoms with E-state index in [4.69, 9.17) is 18.9 Å². The van der Waals surface area contributed by atoms with Gasteiger partial charge in [-0.25, -0.2) is 8.42 Å². The van der Waals surface area contributed by atoms with Crippen molar-refractivity contribution in [2.45, 2.75) is 22.0 Å². The molecule has 27 heavy (non-hydrogen) atoms. The molecule has 2 saturated heterocycles. The van der Waals surface area contributed by atoms with E-state index >= 15 is 0 Å². The molecule has 9 heteroatoms. The van der Waals surface area contributed by atoms with Crippen molar-refractivity contribution in [1.29, 1.82) is 0 Å². The van der Waals surface area contributed by atoms with E-state index in [-0.39, 0.29) is 22.0 Å². The average Bonchev–Trinajstić information content (AvgIpc) is 3.53. The van der Waals surface area contributed by atoms with Crippen LogP contribution in [0.2, 0.25) is 0 Å². The highest BCUT2D eigenvalue weighted by Gasteiger charge is 2.26. The first-order valence-corrected chi connectivity index (χ1v) is 11.3. The maximum absolute atomic E-state index is 13.1. The Balaban J connectivity index is 1.54. The minimum atomic E-state index is -3.73. The van der Waals surface area contributed by atoms with Gasteiger partial charge in [0.05, 0.1) is 23.0 Å². The molecule has 0 spiro atoms. The molecule has 0 saturated carbocycles. The summed E-state index contributed by atoms with van der Waals surface area (Å²) in [5, 5.41) is 0. The van der Waals surface area contributed by atoms with Gasteiger partial charge in [0.2, 0.25) is 9.84 Å². The quantitative estimate of drug-likeness (QED) is 0.496. The van der Waals surface area contributed by atoms with Crippen molar-refractivity contribution in [3.63, 3.8) is 0 Å². The summed E-state index contributed by atoms with van der Waals surface area (Å²) >= 11 is 6.69. The number of epoxide rings is 2. The van der Waals surface area contributed by atoms with Crippen molar-refractivity contribution < 1.29 is 27.4 Å². The molecule has 2 unspecified atom stereocenters. The fourth-order valence-corrected chi connectivity index (χ4v) is 5.76. The van der Waals surface area contributed by atoms with Gasteiger partial charge in [-0.15, -0.1) is 0 Å². The predicted octanol–water partition coefficient (Wildman–Crippen LogP) is 3.60. The molecule has 0 bridgehead atoms. The second-order valence-electron chi connectivity index (χ2n) is 6.22. The highest BCUT2D eigenvalue weighted by atomic mass is 79.9. The highest BCUT2D eigenvalue weighted by molar-refractivity contribution is 9.11. The van der Waals surface area contributed by atoms with Gasteiger partial charge in [0.1, 0.15) is 36.9 Å². The van der Waals surface area contributed by atoms with Crippen LogP contribution in [-0.2, 0) is 19.3 Å². The number of hydrogen-bond acceptors (Lipinski definition) is 6. The molecule has 2 aliphatic rings. The Bertz CT molecular complexity index is 883. The molecular weight excluding hydrogens is 504 g/mol. The van der Waals surface area contributed by atoms with Crippen LogP contribution < -0.4 is 9.47 Å². The molecule has 0 aromatic heterocycles. The van der Waals surface area contributed by atoms with Crippen molar-refractivity contribution in [2.24, 2.45) is 0 Å². The van der Waals surface area contributed by atoms with Crippen LogP contribution in [0.3, 0.4) is 0 Å². The molecule has 0 amide bonds. The Morgan fingerprint density at radius 3 is 1.59 bits per heavy atom. The van der Waals surface area contributed by atoms with Crippen molar-refractivity contribution in [2.75, 3.05) is 26.4 Å². The summed E-state index contributed by atoms with van der Waals surface area (Å²) < 4.78 is 48.4. The Labute approximate surface area is 173 Å². The van der Waals surface area contributed by atoms with Gasteiger partial charge in [0.15, 0.2) is 0 Å². The Morgan fingerprint density at radius 2 is 1.26 bits per heavy atom. The maximum Gasteiger partial charge on any atom is 0.208 e. The van der Waals surface area contributed by atoms with Gasteiger partial charge in [-0.1, -0.05) is 0 Å². The molecule has 2 aromatic carbocycles. The molecule has 2 fully saturated rings. The van der Waals surface area contributed by atoms with Crippen LogP contribution in [0.15, 0.2) is 55.1 Å². The molecule has 144 valence electrons. The fraction of sp³-hybridized carbons (Fsp3) is 0.333. The number of hydrogen-bond donors (Lipinski definition) is 0. The Kier molecular flexibility index (Phi) is 5.48. The smallest absolute Gasteiger partial charge is 0.208 e. The monoisotopic (exact) mass is 518 g/mol. The van der Waals surface area contributed by atoms with Crippen LogP contribution in [0.4, 0.5) is 0 Å². The van der Waals surface area contributed by atoms with E-state index in [1.165, 1.54) is 12.1 Å². The molecule has 0 N–H and O–H groups in total. The van der Waals surface area contributed by atoms with E-state index in [2.05, 4.69) is 31.9 Å². The third-order valence-electron chi connectivity index (χ3n) is 4.06. The molecule has 2 heterocycles. The van der Waals surface area contributed by atoms with Crippen molar-refractivity contribution >= 4 is 41.7 Å². The molecule has 0 radical (unpaired) electrons. The molecule has 2 atom stereocenters. The lowest BCUT2D eigenvalue weighted by atomic mass is 10.3. The summed E-state index contributed by atoms with van der Waals surface area (Å²) in [6.45, 7) is 2.32. The maximum atomic E-state index is 13.1. The number of halogens is 2. The lowest BCUT2D eigenvalue weighted by Crippen LogP contribution is -2.07. The van der Waals surface area contributed by atoms with Gasteiger partial charge in [-0.3, -0.25) is 0 Å². The molecule has 2 aliphatic heterocycles. The lowest BCUT2D eigenvalue weighted by molar-refractivity contribution is 0.262. The second kappa shape index (κ2) is 7.71. The highest BCUT2D eigenvalue weighted by Crippen LogP contribution is 2.35. The van der Waals surface area contributed by atoms with Gasteiger partial charge in [0, 0.05) is 8.95 Å². The topological polar surface area (TPSA) is 77.7 Å². The van der Waals surface area contributed by atoms with E-state index in [1.807, 2.05) is 0 Å². The standard InChI is InChI=1S/C18H16Br2O6S/c19-15-5-11(23-7-13-9-25-13)1-3-17(15)27(21,22)18-4-2-12(6-16(18)20)24-8-14-10-26-14/h1-6,13-14H,7-10H2. The summed E-state index contributed by atoms with van der Waals surface area (Å²) in [4.78, 5) is 0.330.